The standard InChI is InChI=1S/C8H12O3/c1-10-7(9)4-8-2-6(3-8)5-11-8/h6H,2-5H2,1H3. The first kappa shape index (κ1) is 7.10. The van der Waals surface area contributed by atoms with E-state index in [1.54, 1.807) is 0 Å². The summed E-state index contributed by atoms with van der Waals surface area (Å²) >= 11 is 0. The van der Waals surface area contributed by atoms with Crippen molar-refractivity contribution in [2.45, 2.75) is 24.9 Å². The molecule has 11 heavy (non-hydrogen) atoms. The maximum absolute atomic E-state index is 10.9. The molecule has 3 fully saturated rings. The largest absolute Gasteiger partial charge is 0.469 e. The summed E-state index contributed by atoms with van der Waals surface area (Å²) in [7, 11) is 1.42. The number of ether oxygens (including phenoxy) is 2. The van der Waals surface area contributed by atoms with E-state index in [1.165, 1.54) is 7.11 Å². The van der Waals surface area contributed by atoms with Crippen LogP contribution < -0.4 is 0 Å². The van der Waals surface area contributed by atoms with Gasteiger partial charge in [0.1, 0.15) is 0 Å². The lowest BCUT2D eigenvalue weighted by Crippen LogP contribution is -2.38. The lowest BCUT2D eigenvalue weighted by molar-refractivity contribution is -0.147. The number of carbonyl (C=O) groups excluding carboxylic acids is 1. The van der Waals surface area contributed by atoms with E-state index >= 15 is 0 Å². The number of rotatable bonds is 2. The van der Waals surface area contributed by atoms with E-state index in [4.69, 9.17) is 4.74 Å². The van der Waals surface area contributed by atoms with Crippen LogP contribution in [-0.4, -0.2) is 25.3 Å². The molecule has 0 unspecified atom stereocenters. The molecule has 3 nitrogen and oxygen atoms in total. The first-order valence-electron chi connectivity index (χ1n) is 3.95. The van der Waals surface area contributed by atoms with Gasteiger partial charge in [-0.25, -0.2) is 0 Å². The average molecular weight is 156 g/mol. The fourth-order valence-corrected chi connectivity index (χ4v) is 2.05. The minimum Gasteiger partial charge on any atom is -0.469 e. The van der Waals surface area contributed by atoms with E-state index in [-0.39, 0.29) is 11.6 Å². The van der Waals surface area contributed by atoms with Crippen LogP contribution in [0.25, 0.3) is 0 Å². The van der Waals surface area contributed by atoms with Gasteiger partial charge in [0.15, 0.2) is 0 Å². The molecule has 0 aromatic heterocycles. The topological polar surface area (TPSA) is 35.5 Å². The van der Waals surface area contributed by atoms with Gasteiger partial charge in [-0.05, 0) is 18.8 Å². The highest BCUT2D eigenvalue weighted by atomic mass is 16.5. The van der Waals surface area contributed by atoms with Crippen LogP contribution in [0.1, 0.15) is 19.3 Å². The molecule has 3 rings (SSSR count). The van der Waals surface area contributed by atoms with Gasteiger partial charge in [-0.2, -0.15) is 0 Å². The Labute approximate surface area is 65.7 Å². The Kier molecular flexibility index (Phi) is 1.42. The fraction of sp³-hybridized carbons (Fsp3) is 0.875. The Morgan fingerprint density at radius 1 is 1.73 bits per heavy atom. The second-order valence-corrected chi connectivity index (χ2v) is 3.52. The molecular weight excluding hydrogens is 144 g/mol. The first-order chi connectivity index (χ1) is 5.24. The maximum Gasteiger partial charge on any atom is 0.308 e. The lowest BCUT2D eigenvalue weighted by atomic mass is 9.73. The molecule has 0 atom stereocenters. The van der Waals surface area contributed by atoms with Crippen LogP contribution in [0, 0.1) is 5.92 Å². The predicted molar refractivity (Wildman–Crippen MR) is 38.0 cm³/mol. The van der Waals surface area contributed by atoms with Crippen molar-refractivity contribution >= 4 is 5.97 Å². The molecule has 62 valence electrons. The Balaban J connectivity index is 1.91. The molecule has 0 N–H and O–H groups in total. The molecule has 2 bridgehead atoms. The highest BCUT2D eigenvalue weighted by Crippen LogP contribution is 2.50. The normalized spacial score (nSPS) is 39.9. The van der Waals surface area contributed by atoms with Gasteiger partial charge in [0.2, 0.25) is 0 Å². The van der Waals surface area contributed by atoms with E-state index in [0.29, 0.717) is 6.42 Å². The second-order valence-electron chi connectivity index (χ2n) is 3.52. The highest BCUT2D eigenvalue weighted by molar-refractivity contribution is 5.70. The quantitative estimate of drug-likeness (QED) is 0.553. The van der Waals surface area contributed by atoms with Crippen molar-refractivity contribution in [2.75, 3.05) is 13.7 Å². The summed E-state index contributed by atoms with van der Waals surface area (Å²) in [6, 6.07) is 0. The van der Waals surface area contributed by atoms with Crippen LogP contribution in [0.15, 0.2) is 0 Å². The van der Waals surface area contributed by atoms with E-state index < -0.39 is 0 Å². The SMILES string of the molecule is COC(=O)CC12CC(CO1)C2. The van der Waals surface area contributed by atoms with Crippen LogP contribution in [-0.2, 0) is 14.3 Å². The van der Waals surface area contributed by atoms with Crippen LogP contribution >= 0.6 is 0 Å². The average Bonchev–Trinajstić information content (AvgIpc) is 2.45. The van der Waals surface area contributed by atoms with Crippen molar-refractivity contribution in [1.82, 2.24) is 0 Å². The number of esters is 1. The summed E-state index contributed by atoms with van der Waals surface area (Å²) in [6.45, 7) is 0.844. The monoisotopic (exact) mass is 156 g/mol. The minimum atomic E-state index is -0.148. The third-order valence-electron chi connectivity index (χ3n) is 2.64. The second kappa shape index (κ2) is 2.21. The molecule has 2 saturated heterocycles. The van der Waals surface area contributed by atoms with Gasteiger partial charge in [-0.3, -0.25) is 4.79 Å². The molecule has 3 heteroatoms. The van der Waals surface area contributed by atoms with E-state index in [0.717, 1.165) is 25.4 Å². The Bertz CT molecular complexity index is 176. The summed E-state index contributed by atoms with van der Waals surface area (Å²) in [5.41, 5.74) is -0.113. The molecule has 3 aliphatic rings. The van der Waals surface area contributed by atoms with Gasteiger partial charge < -0.3 is 9.47 Å². The minimum absolute atomic E-state index is 0.113. The summed E-state index contributed by atoms with van der Waals surface area (Å²) in [5.74, 6) is 0.574. The molecule has 1 aliphatic carbocycles. The van der Waals surface area contributed by atoms with Gasteiger partial charge in [0, 0.05) is 0 Å². The van der Waals surface area contributed by atoms with Crippen molar-refractivity contribution in [3.8, 4) is 0 Å². The number of fused-ring (bicyclic) bond motifs is 1. The molecular formula is C8H12O3. The van der Waals surface area contributed by atoms with Crippen LogP contribution in [0.4, 0.5) is 0 Å². The van der Waals surface area contributed by atoms with Crippen molar-refractivity contribution < 1.29 is 14.3 Å². The summed E-state index contributed by atoms with van der Waals surface area (Å²) in [6.07, 6.45) is 2.56. The third-order valence-corrected chi connectivity index (χ3v) is 2.64. The number of hydrogen-bond donors (Lipinski definition) is 0. The number of methoxy groups -OCH3 is 1. The van der Waals surface area contributed by atoms with Crippen LogP contribution in [0.5, 0.6) is 0 Å². The molecule has 0 radical (unpaired) electrons. The fourth-order valence-electron chi connectivity index (χ4n) is 2.05. The van der Waals surface area contributed by atoms with Crippen molar-refractivity contribution in [3.05, 3.63) is 0 Å². The Morgan fingerprint density at radius 3 is 2.91 bits per heavy atom. The van der Waals surface area contributed by atoms with Crippen molar-refractivity contribution in [1.29, 1.82) is 0 Å². The van der Waals surface area contributed by atoms with Gasteiger partial charge in [0.05, 0.1) is 25.7 Å². The van der Waals surface area contributed by atoms with Gasteiger partial charge in [-0.1, -0.05) is 0 Å². The van der Waals surface area contributed by atoms with Gasteiger partial charge >= 0.3 is 5.97 Å². The zero-order valence-corrected chi connectivity index (χ0v) is 6.63. The molecule has 0 spiro atoms. The molecule has 2 aliphatic heterocycles. The number of hydrogen-bond acceptors (Lipinski definition) is 3. The predicted octanol–water partition coefficient (Wildman–Crippen LogP) is 0.728. The van der Waals surface area contributed by atoms with Crippen LogP contribution in [0.3, 0.4) is 0 Å². The smallest absolute Gasteiger partial charge is 0.308 e. The summed E-state index contributed by atoms with van der Waals surface area (Å²) < 4.78 is 10.1. The molecule has 0 aromatic carbocycles. The highest BCUT2D eigenvalue weighted by Gasteiger charge is 2.53. The first-order valence-corrected chi connectivity index (χ1v) is 3.95. The zero-order chi connectivity index (χ0) is 7.90. The van der Waals surface area contributed by atoms with Crippen molar-refractivity contribution in [3.63, 3.8) is 0 Å². The maximum atomic E-state index is 10.9. The third kappa shape index (κ3) is 1.03. The summed E-state index contributed by atoms with van der Waals surface area (Å²) in [4.78, 5) is 10.9. The van der Waals surface area contributed by atoms with Crippen molar-refractivity contribution in [2.24, 2.45) is 5.92 Å². The summed E-state index contributed by atoms with van der Waals surface area (Å²) in [5, 5.41) is 0. The lowest BCUT2D eigenvalue weighted by Gasteiger charge is -2.34. The van der Waals surface area contributed by atoms with Crippen LogP contribution in [0.2, 0.25) is 0 Å². The van der Waals surface area contributed by atoms with E-state index in [9.17, 15) is 4.79 Å². The van der Waals surface area contributed by atoms with E-state index in [1.807, 2.05) is 0 Å². The molecule has 0 amide bonds. The Hall–Kier alpha value is -0.570. The van der Waals surface area contributed by atoms with E-state index in [2.05, 4.69) is 4.74 Å². The molecule has 1 saturated carbocycles. The van der Waals surface area contributed by atoms with Gasteiger partial charge in [0.25, 0.3) is 0 Å². The van der Waals surface area contributed by atoms with Gasteiger partial charge in [-0.15, -0.1) is 0 Å². The molecule has 0 aromatic rings. The zero-order valence-electron chi connectivity index (χ0n) is 6.63. The molecule has 2 heterocycles. The number of carbonyl (C=O) groups is 1. The Morgan fingerprint density at radius 2 is 2.45 bits per heavy atom.